The molecule has 1 aromatic rings. The van der Waals surface area contributed by atoms with E-state index in [0.717, 1.165) is 12.8 Å². The molecule has 0 bridgehead atoms. The van der Waals surface area contributed by atoms with Gasteiger partial charge in [0.1, 0.15) is 5.75 Å². The highest BCUT2D eigenvalue weighted by molar-refractivity contribution is 7.92. The van der Waals surface area contributed by atoms with Crippen molar-refractivity contribution in [3.63, 3.8) is 0 Å². The van der Waals surface area contributed by atoms with E-state index in [1.807, 2.05) is 13.8 Å². The zero-order valence-electron chi connectivity index (χ0n) is 12.1. The zero-order chi connectivity index (χ0) is 15.3. The second-order valence-corrected chi connectivity index (χ2v) is 6.78. The Labute approximate surface area is 120 Å². The number of rotatable bonds is 6. The molecule has 6 heteroatoms. The number of aryl methyl sites for hydroxylation is 1. The van der Waals surface area contributed by atoms with Crippen molar-refractivity contribution in [1.29, 1.82) is 0 Å². The Morgan fingerprint density at radius 3 is 2.45 bits per heavy atom. The van der Waals surface area contributed by atoms with Crippen LogP contribution in [0.3, 0.4) is 0 Å². The van der Waals surface area contributed by atoms with E-state index in [4.69, 9.17) is 5.73 Å². The van der Waals surface area contributed by atoms with Gasteiger partial charge >= 0.3 is 0 Å². The van der Waals surface area contributed by atoms with Crippen LogP contribution >= 0.6 is 0 Å². The molecule has 3 N–H and O–H groups in total. The third-order valence-electron chi connectivity index (χ3n) is 3.29. The van der Waals surface area contributed by atoms with Crippen LogP contribution in [0, 0.1) is 6.92 Å². The van der Waals surface area contributed by atoms with Gasteiger partial charge in [0.05, 0.1) is 10.6 Å². The lowest BCUT2D eigenvalue weighted by Crippen LogP contribution is -2.37. The normalized spacial score (nSPS) is 11.6. The maximum Gasteiger partial charge on any atom is 0.235 e. The summed E-state index contributed by atoms with van der Waals surface area (Å²) in [5.41, 5.74) is 6.68. The van der Waals surface area contributed by atoms with E-state index in [2.05, 4.69) is 5.32 Å². The number of carbonyl (C=O) groups excluding carboxylic acids is 1. The van der Waals surface area contributed by atoms with Crippen LogP contribution in [0.2, 0.25) is 0 Å². The molecule has 0 atom stereocenters. The number of hydrogen-bond acceptors (Lipinski definition) is 4. The molecule has 0 heterocycles. The van der Waals surface area contributed by atoms with Crippen LogP contribution in [0.5, 0.6) is 0 Å². The van der Waals surface area contributed by atoms with Gasteiger partial charge in [-0.3, -0.25) is 4.79 Å². The quantitative estimate of drug-likeness (QED) is 0.782. The average Bonchev–Trinajstić information content (AvgIpc) is 2.38. The number of anilines is 1. The first-order chi connectivity index (χ1) is 9.31. The summed E-state index contributed by atoms with van der Waals surface area (Å²) in [7, 11) is -3.71. The molecule has 1 rings (SSSR count). The van der Waals surface area contributed by atoms with Crippen molar-refractivity contribution in [2.24, 2.45) is 0 Å². The Bertz CT molecular complexity index is 578. The summed E-state index contributed by atoms with van der Waals surface area (Å²) in [6, 6.07) is 4.80. The maximum atomic E-state index is 12.2. The molecule has 0 aliphatic carbocycles. The topological polar surface area (TPSA) is 89.3 Å². The van der Waals surface area contributed by atoms with Gasteiger partial charge in [0.15, 0.2) is 9.84 Å². The van der Waals surface area contributed by atoms with Crippen molar-refractivity contribution in [2.45, 2.75) is 44.6 Å². The summed E-state index contributed by atoms with van der Waals surface area (Å²) in [4.78, 5) is 11.9. The molecule has 20 heavy (non-hydrogen) atoms. The third-order valence-corrected chi connectivity index (χ3v) is 4.96. The van der Waals surface area contributed by atoms with E-state index < -0.39 is 21.5 Å². The number of benzene rings is 1. The van der Waals surface area contributed by atoms with Gasteiger partial charge < -0.3 is 11.1 Å². The maximum absolute atomic E-state index is 12.2. The predicted octanol–water partition coefficient (Wildman–Crippen LogP) is 1.66. The molecule has 0 saturated carbocycles. The van der Waals surface area contributed by atoms with E-state index in [1.165, 1.54) is 6.07 Å². The van der Waals surface area contributed by atoms with Crippen LogP contribution in [0.1, 0.15) is 32.3 Å². The molecule has 1 aromatic carbocycles. The van der Waals surface area contributed by atoms with Gasteiger partial charge in [-0.2, -0.15) is 0 Å². The molecule has 0 radical (unpaired) electrons. The molecule has 1 amide bonds. The minimum absolute atomic E-state index is 0.00700. The van der Waals surface area contributed by atoms with Gasteiger partial charge in [-0.05, 0) is 31.4 Å². The predicted molar refractivity (Wildman–Crippen MR) is 80.2 cm³/mol. The van der Waals surface area contributed by atoms with Crippen LogP contribution in [0.4, 0.5) is 5.69 Å². The number of para-hydroxylation sites is 1. The van der Waals surface area contributed by atoms with Crippen molar-refractivity contribution >= 4 is 21.4 Å². The average molecular weight is 298 g/mol. The molecule has 0 saturated heterocycles. The van der Waals surface area contributed by atoms with Gasteiger partial charge in [-0.1, -0.05) is 26.0 Å². The third kappa shape index (κ3) is 3.96. The first-order valence-electron chi connectivity index (χ1n) is 6.69. The van der Waals surface area contributed by atoms with E-state index in [0.29, 0.717) is 5.56 Å². The summed E-state index contributed by atoms with van der Waals surface area (Å²) in [5, 5.41) is 2.72. The first kappa shape index (κ1) is 16.5. The van der Waals surface area contributed by atoms with Gasteiger partial charge in [0.2, 0.25) is 5.91 Å². The van der Waals surface area contributed by atoms with E-state index in [1.54, 1.807) is 19.1 Å². The summed E-state index contributed by atoms with van der Waals surface area (Å²) in [6.07, 6.45) is 1.55. The Balaban J connectivity index is 2.90. The largest absolute Gasteiger partial charge is 0.397 e. The van der Waals surface area contributed by atoms with Gasteiger partial charge in [-0.15, -0.1) is 0 Å². The molecular weight excluding hydrogens is 276 g/mol. The van der Waals surface area contributed by atoms with Crippen molar-refractivity contribution in [3.8, 4) is 0 Å². The van der Waals surface area contributed by atoms with Crippen LogP contribution in [-0.4, -0.2) is 26.1 Å². The fourth-order valence-corrected chi connectivity index (χ4v) is 3.30. The van der Waals surface area contributed by atoms with Crippen molar-refractivity contribution in [3.05, 3.63) is 23.8 Å². The highest BCUT2D eigenvalue weighted by Crippen LogP contribution is 2.22. The molecule has 0 unspecified atom stereocenters. The number of nitrogens with one attached hydrogen (secondary N) is 1. The smallest absolute Gasteiger partial charge is 0.235 e. The monoisotopic (exact) mass is 298 g/mol. The first-order valence-corrected chi connectivity index (χ1v) is 8.34. The van der Waals surface area contributed by atoms with Gasteiger partial charge in [0, 0.05) is 6.04 Å². The van der Waals surface area contributed by atoms with E-state index in [9.17, 15) is 13.2 Å². The van der Waals surface area contributed by atoms with Crippen molar-refractivity contribution in [2.75, 3.05) is 11.5 Å². The molecule has 0 fully saturated rings. The van der Waals surface area contributed by atoms with E-state index in [-0.39, 0.29) is 16.6 Å². The summed E-state index contributed by atoms with van der Waals surface area (Å²) in [6.45, 7) is 5.63. The number of amides is 1. The summed E-state index contributed by atoms with van der Waals surface area (Å²) in [5.74, 6) is -1.06. The lowest BCUT2D eigenvalue weighted by molar-refractivity contribution is -0.119. The highest BCUT2D eigenvalue weighted by Gasteiger charge is 2.23. The number of sulfone groups is 1. The SMILES string of the molecule is CCC(CC)NC(=O)CS(=O)(=O)c1cccc(C)c1N. The Kier molecular flexibility index (Phi) is 5.56. The Hall–Kier alpha value is -1.56. The second kappa shape index (κ2) is 6.74. The second-order valence-electron chi connectivity index (χ2n) is 4.83. The fraction of sp³-hybridized carbons (Fsp3) is 0.500. The molecular formula is C14H22N2O3S. The molecule has 0 aromatic heterocycles. The number of hydrogen-bond donors (Lipinski definition) is 2. The van der Waals surface area contributed by atoms with Gasteiger partial charge in [-0.25, -0.2) is 8.42 Å². The summed E-state index contributed by atoms with van der Waals surface area (Å²) < 4.78 is 24.5. The minimum Gasteiger partial charge on any atom is -0.397 e. The molecule has 0 aliphatic rings. The van der Waals surface area contributed by atoms with Gasteiger partial charge in [0.25, 0.3) is 0 Å². The highest BCUT2D eigenvalue weighted by atomic mass is 32.2. The van der Waals surface area contributed by atoms with Crippen LogP contribution in [-0.2, 0) is 14.6 Å². The molecule has 5 nitrogen and oxygen atoms in total. The zero-order valence-corrected chi connectivity index (χ0v) is 13.0. The Morgan fingerprint density at radius 2 is 1.90 bits per heavy atom. The standard InChI is InChI=1S/C14H22N2O3S/c1-4-11(5-2)16-13(17)9-20(18,19)12-8-6-7-10(3)14(12)15/h6-8,11H,4-5,9,15H2,1-3H3,(H,16,17). The summed E-state index contributed by atoms with van der Waals surface area (Å²) >= 11 is 0. The van der Waals surface area contributed by atoms with Crippen LogP contribution in [0.25, 0.3) is 0 Å². The number of nitrogens with two attached hydrogens (primary N) is 1. The fourth-order valence-electron chi connectivity index (χ4n) is 1.94. The number of nitrogen functional groups attached to an aromatic ring is 1. The minimum atomic E-state index is -3.71. The molecule has 0 aliphatic heterocycles. The number of carbonyl (C=O) groups is 1. The van der Waals surface area contributed by atoms with Crippen LogP contribution in [0.15, 0.2) is 23.1 Å². The molecule has 0 spiro atoms. The van der Waals surface area contributed by atoms with Crippen LogP contribution < -0.4 is 11.1 Å². The van der Waals surface area contributed by atoms with Crippen molar-refractivity contribution in [1.82, 2.24) is 5.32 Å². The Morgan fingerprint density at radius 1 is 1.30 bits per heavy atom. The van der Waals surface area contributed by atoms with E-state index >= 15 is 0 Å². The van der Waals surface area contributed by atoms with Crippen molar-refractivity contribution < 1.29 is 13.2 Å². The molecule has 112 valence electrons. The lowest BCUT2D eigenvalue weighted by Gasteiger charge is -2.15. The lowest BCUT2D eigenvalue weighted by atomic mass is 10.2.